The monoisotopic (exact) mass is 470 g/mol. The molecule has 3 aromatic heterocycles. The number of hydrogen-bond acceptors (Lipinski definition) is 8. The molecule has 5 heterocycles. The predicted molar refractivity (Wildman–Crippen MR) is 119 cm³/mol. The van der Waals surface area contributed by atoms with Crippen molar-refractivity contribution in [2.75, 3.05) is 18.0 Å². The Hall–Kier alpha value is -3.67. The molecule has 0 spiro atoms. The van der Waals surface area contributed by atoms with Gasteiger partial charge >= 0.3 is 6.18 Å². The van der Waals surface area contributed by atoms with E-state index in [9.17, 15) is 18.0 Å². The number of aliphatic imine (C=N–C) groups is 1. The van der Waals surface area contributed by atoms with E-state index in [4.69, 9.17) is 4.98 Å². The molecule has 9 nitrogen and oxygen atoms in total. The number of carbonyl (C=O) groups is 1. The number of rotatable bonds is 3. The maximum Gasteiger partial charge on any atom is 0.434 e. The van der Waals surface area contributed by atoms with Gasteiger partial charge in [0, 0.05) is 31.0 Å². The van der Waals surface area contributed by atoms with Crippen molar-refractivity contribution in [3.63, 3.8) is 0 Å². The summed E-state index contributed by atoms with van der Waals surface area (Å²) in [5.41, 5.74) is 0.307. The van der Waals surface area contributed by atoms with Crippen LogP contribution < -0.4 is 10.2 Å². The molecule has 0 saturated carbocycles. The number of anilines is 1. The predicted octanol–water partition coefficient (Wildman–Crippen LogP) is 2.34. The topological polar surface area (TPSA) is 101 Å². The van der Waals surface area contributed by atoms with E-state index in [-0.39, 0.29) is 41.9 Å². The number of aromatic nitrogens is 5. The van der Waals surface area contributed by atoms with Gasteiger partial charge in [0.2, 0.25) is 0 Å². The lowest BCUT2D eigenvalue weighted by Gasteiger charge is -2.46. The summed E-state index contributed by atoms with van der Waals surface area (Å²) in [4.78, 5) is 34.8. The lowest BCUT2D eigenvalue weighted by atomic mass is 9.95. The fraction of sp³-hybridized carbons (Fsp3) is 0.364. The Kier molecular flexibility index (Phi) is 5.39. The summed E-state index contributed by atoms with van der Waals surface area (Å²) in [6, 6.07) is 1.61. The molecular weight excluding hydrogens is 449 g/mol. The molecule has 0 aromatic carbocycles. The molecule has 3 aromatic rings. The summed E-state index contributed by atoms with van der Waals surface area (Å²) in [6.07, 6.45) is 3.64. The van der Waals surface area contributed by atoms with Crippen molar-refractivity contribution >= 4 is 23.0 Å². The van der Waals surface area contributed by atoms with Gasteiger partial charge in [-0.05, 0) is 32.1 Å². The number of carbonyl (C=O) groups excluding carboxylic acids is 1. The molecule has 12 heteroatoms. The van der Waals surface area contributed by atoms with Gasteiger partial charge in [0.25, 0.3) is 0 Å². The first kappa shape index (κ1) is 22.1. The van der Waals surface area contributed by atoms with Gasteiger partial charge in [-0.2, -0.15) is 13.2 Å². The molecule has 34 heavy (non-hydrogen) atoms. The summed E-state index contributed by atoms with van der Waals surface area (Å²) in [5, 5.41) is 3.46. The number of nitrogens with one attached hydrogen (secondary N) is 1. The second kappa shape index (κ2) is 8.28. The molecule has 1 fully saturated rings. The highest BCUT2D eigenvalue weighted by Crippen LogP contribution is 2.30. The van der Waals surface area contributed by atoms with Crippen molar-refractivity contribution in [3.8, 4) is 11.5 Å². The smallest absolute Gasteiger partial charge is 0.342 e. The number of fused-ring (bicyclic) bond motifs is 1. The van der Waals surface area contributed by atoms with Crippen molar-refractivity contribution in [2.24, 2.45) is 4.99 Å². The molecular formula is C22H21F3N8O. The standard InChI is InChI=1S/C22H21F3N8O/c1-12-7-27-13(2)20(15-4-3-14(34)8-28-15)33(12)18-5-6-26-21(31-18)16-9-30-19-10-29-17(11-32(16)19)22(23,24)25/h3-6,9-13,20,27H,7-8H2,1-2H3. The molecule has 2 aliphatic rings. The quantitative estimate of drug-likeness (QED) is 0.627. The van der Waals surface area contributed by atoms with Crippen LogP contribution in [0.5, 0.6) is 0 Å². The number of piperazine rings is 1. The number of ketones is 1. The largest absolute Gasteiger partial charge is 0.434 e. The third kappa shape index (κ3) is 3.94. The Labute approximate surface area is 192 Å². The first-order valence-electron chi connectivity index (χ1n) is 10.7. The van der Waals surface area contributed by atoms with Crippen LogP contribution in [0.25, 0.3) is 17.2 Å². The van der Waals surface area contributed by atoms with Crippen LogP contribution in [0.15, 0.2) is 48.0 Å². The molecule has 3 atom stereocenters. The van der Waals surface area contributed by atoms with E-state index in [1.807, 2.05) is 13.8 Å². The van der Waals surface area contributed by atoms with Gasteiger partial charge < -0.3 is 10.2 Å². The fourth-order valence-electron chi connectivity index (χ4n) is 4.31. The Morgan fingerprint density at radius 2 is 1.94 bits per heavy atom. The number of imidazole rings is 1. The summed E-state index contributed by atoms with van der Waals surface area (Å²) >= 11 is 0. The van der Waals surface area contributed by atoms with Crippen molar-refractivity contribution < 1.29 is 18.0 Å². The van der Waals surface area contributed by atoms with Crippen LogP contribution >= 0.6 is 0 Å². The lowest BCUT2D eigenvalue weighted by Crippen LogP contribution is -2.64. The highest BCUT2D eigenvalue weighted by Gasteiger charge is 2.37. The van der Waals surface area contributed by atoms with Gasteiger partial charge in [0.15, 0.2) is 22.9 Å². The average molecular weight is 470 g/mol. The number of nitrogens with zero attached hydrogens (tertiary/aromatic N) is 7. The molecule has 1 N–H and O–H groups in total. The molecule has 5 rings (SSSR count). The zero-order valence-electron chi connectivity index (χ0n) is 18.4. The van der Waals surface area contributed by atoms with Gasteiger partial charge in [-0.15, -0.1) is 0 Å². The maximum atomic E-state index is 13.2. The third-order valence-electron chi connectivity index (χ3n) is 5.96. The molecule has 0 bridgehead atoms. The Morgan fingerprint density at radius 1 is 1.12 bits per heavy atom. The van der Waals surface area contributed by atoms with Crippen molar-refractivity contribution in [1.29, 1.82) is 0 Å². The number of dihydropyridines is 1. The Balaban J connectivity index is 1.57. The summed E-state index contributed by atoms with van der Waals surface area (Å²) in [5.74, 6) is 0.783. The molecule has 1 saturated heterocycles. The van der Waals surface area contributed by atoms with Crippen LogP contribution in [0.4, 0.5) is 19.0 Å². The van der Waals surface area contributed by atoms with Crippen LogP contribution in [0.3, 0.4) is 0 Å². The lowest BCUT2D eigenvalue weighted by molar-refractivity contribution is -0.141. The van der Waals surface area contributed by atoms with E-state index in [2.05, 4.69) is 30.2 Å². The van der Waals surface area contributed by atoms with Gasteiger partial charge in [0.1, 0.15) is 18.1 Å². The van der Waals surface area contributed by atoms with E-state index < -0.39 is 11.9 Å². The second-order valence-corrected chi connectivity index (χ2v) is 8.32. The Morgan fingerprint density at radius 3 is 2.68 bits per heavy atom. The van der Waals surface area contributed by atoms with E-state index in [1.54, 1.807) is 18.3 Å². The fourth-order valence-corrected chi connectivity index (χ4v) is 4.31. The van der Waals surface area contributed by atoms with Gasteiger partial charge in [0.05, 0.1) is 24.1 Å². The van der Waals surface area contributed by atoms with Gasteiger partial charge in [-0.1, -0.05) is 0 Å². The molecule has 2 aliphatic heterocycles. The van der Waals surface area contributed by atoms with Crippen molar-refractivity contribution in [2.45, 2.75) is 38.1 Å². The van der Waals surface area contributed by atoms with Gasteiger partial charge in [-0.25, -0.2) is 19.9 Å². The molecule has 0 radical (unpaired) electrons. The zero-order valence-corrected chi connectivity index (χ0v) is 18.4. The number of halogens is 3. The Bertz CT molecular complexity index is 1310. The minimum Gasteiger partial charge on any atom is -0.342 e. The van der Waals surface area contributed by atoms with E-state index >= 15 is 0 Å². The van der Waals surface area contributed by atoms with Crippen LogP contribution in [0, 0.1) is 0 Å². The molecule has 3 unspecified atom stereocenters. The number of hydrogen-bond donors (Lipinski definition) is 1. The molecule has 0 amide bonds. The third-order valence-corrected chi connectivity index (χ3v) is 5.96. The van der Waals surface area contributed by atoms with E-state index in [0.29, 0.717) is 18.1 Å². The maximum absolute atomic E-state index is 13.2. The molecule has 0 aliphatic carbocycles. The summed E-state index contributed by atoms with van der Waals surface area (Å²) in [6.45, 7) is 4.88. The first-order valence-corrected chi connectivity index (χ1v) is 10.7. The summed E-state index contributed by atoms with van der Waals surface area (Å²) in [7, 11) is 0. The average Bonchev–Trinajstić information content (AvgIpc) is 3.24. The minimum atomic E-state index is -4.59. The van der Waals surface area contributed by atoms with Crippen LogP contribution in [-0.2, 0) is 11.0 Å². The summed E-state index contributed by atoms with van der Waals surface area (Å²) < 4.78 is 40.9. The van der Waals surface area contributed by atoms with E-state index in [0.717, 1.165) is 18.1 Å². The molecule has 176 valence electrons. The van der Waals surface area contributed by atoms with Crippen LogP contribution in [0.1, 0.15) is 19.5 Å². The van der Waals surface area contributed by atoms with Crippen LogP contribution in [-0.4, -0.2) is 67.0 Å². The highest BCUT2D eigenvalue weighted by atomic mass is 19.4. The normalized spacial score (nSPS) is 23.4. The second-order valence-electron chi connectivity index (χ2n) is 8.32. The minimum absolute atomic E-state index is 0.0161. The van der Waals surface area contributed by atoms with Crippen molar-refractivity contribution in [3.05, 3.63) is 48.7 Å². The van der Waals surface area contributed by atoms with Gasteiger partial charge in [-0.3, -0.25) is 14.2 Å². The van der Waals surface area contributed by atoms with E-state index in [1.165, 1.54) is 16.7 Å². The first-order chi connectivity index (χ1) is 16.2. The van der Waals surface area contributed by atoms with Crippen molar-refractivity contribution in [1.82, 2.24) is 29.7 Å². The highest BCUT2D eigenvalue weighted by molar-refractivity contribution is 6.10. The number of alkyl halides is 3. The zero-order chi connectivity index (χ0) is 24.0. The van der Waals surface area contributed by atoms with Crippen LogP contribution in [0.2, 0.25) is 0 Å². The SMILES string of the molecule is CC1NCC(C)N(c2ccnc(-c3cnc4cnc(C(F)(F)F)cn34)n2)C1C1=NCC(=O)C=C1.